The summed E-state index contributed by atoms with van der Waals surface area (Å²) in [4.78, 5) is 27.5. The average Bonchev–Trinajstić information content (AvgIpc) is 3.28. The third kappa shape index (κ3) is 3.10. The third-order valence-corrected chi connectivity index (χ3v) is 5.78. The molecule has 0 N–H and O–H groups in total. The molecule has 0 radical (unpaired) electrons. The standard InChI is InChI=1S/C26H21NO4/c1-3-27(4-2)18-12-10-17(11-13-18)24-20-15-21-19(14-22(20)31-26(24)29)23(25(28)30-21)16-8-6-5-7-9-16/h5-15H,3-4H2,1-2H3. The van der Waals surface area contributed by atoms with Crippen molar-refractivity contribution in [3.8, 4) is 11.5 Å². The summed E-state index contributed by atoms with van der Waals surface area (Å²) < 4.78 is 11.1. The van der Waals surface area contributed by atoms with Crippen LogP contribution >= 0.6 is 0 Å². The number of nitrogens with zero attached hydrogens (tertiary/aromatic N) is 1. The van der Waals surface area contributed by atoms with Gasteiger partial charge in [-0.25, -0.2) is 9.59 Å². The Kier molecular flexibility index (Phi) is 4.59. The fourth-order valence-electron chi connectivity index (χ4n) is 4.22. The lowest BCUT2D eigenvalue weighted by Gasteiger charge is -2.21. The largest absolute Gasteiger partial charge is 0.422 e. The number of benzene rings is 3. The van der Waals surface area contributed by atoms with Crippen molar-refractivity contribution in [1.82, 2.24) is 0 Å². The highest BCUT2D eigenvalue weighted by molar-refractivity contribution is 6.21. The summed E-state index contributed by atoms with van der Waals surface area (Å²) in [6.07, 6.45) is 0. The second-order valence-corrected chi connectivity index (χ2v) is 7.46. The van der Waals surface area contributed by atoms with E-state index in [0.717, 1.165) is 29.9 Å². The zero-order chi connectivity index (χ0) is 21.5. The summed E-state index contributed by atoms with van der Waals surface area (Å²) in [7, 11) is 0. The number of hydrogen-bond donors (Lipinski definition) is 0. The monoisotopic (exact) mass is 411 g/mol. The highest BCUT2D eigenvalue weighted by Gasteiger charge is 2.30. The second kappa shape index (κ2) is 7.43. The van der Waals surface area contributed by atoms with Gasteiger partial charge < -0.3 is 14.4 Å². The lowest BCUT2D eigenvalue weighted by Crippen LogP contribution is -2.21. The van der Waals surface area contributed by atoms with Gasteiger partial charge in [0.15, 0.2) is 0 Å². The van der Waals surface area contributed by atoms with Gasteiger partial charge in [-0.1, -0.05) is 42.5 Å². The number of hydrogen-bond acceptors (Lipinski definition) is 5. The zero-order valence-electron chi connectivity index (χ0n) is 17.3. The van der Waals surface area contributed by atoms with E-state index in [4.69, 9.17) is 9.47 Å². The van der Waals surface area contributed by atoms with Gasteiger partial charge in [0.1, 0.15) is 11.5 Å². The van der Waals surface area contributed by atoms with E-state index in [1.807, 2.05) is 54.6 Å². The molecule has 0 amide bonds. The maximum atomic E-state index is 12.7. The first kappa shape index (κ1) is 19.1. The maximum Gasteiger partial charge on any atom is 0.344 e. The topological polar surface area (TPSA) is 55.8 Å². The molecule has 0 aliphatic carbocycles. The Hall–Kier alpha value is -3.86. The number of ether oxygens (including phenoxy) is 2. The van der Waals surface area contributed by atoms with Crippen molar-refractivity contribution in [3.05, 3.63) is 88.3 Å². The van der Waals surface area contributed by atoms with Crippen LogP contribution in [0.4, 0.5) is 5.69 Å². The fraction of sp³-hybridized carbons (Fsp3) is 0.154. The third-order valence-electron chi connectivity index (χ3n) is 5.78. The SMILES string of the molecule is CCN(CC)c1ccc(C2=c3cc4c(cc3OC2=O)=C(c2ccccc2)C(=O)O4)cc1. The molecular formula is C26H21NO4. The fourth-order valence-corrected chi connectivity index (χ4v) is 4.22. The van der Waals surface area contributed by atoms with Gasteiger partial charge in [0.05, 0.1) is 11.1 Å². The molecule has 31 heavy (non-hydrogen) atoms. The first-order chi connectivity index (χ1) is 15.1. The summed E-state index contributed by atoms with van der Waals surface area (Å²) in [6.45, 7) is 6.04. The number of rotatable bonds is 5. The first-order valence-corrected chi connectivity index (χ1v) is 10.4. The van der Waals surface area contributed by atoms with Crippen LogP contribution in [-0.2, 0) is 9.59 Å². The van der Waals surface area contributed by atoms with Crippen molar-refractivity contribution >= 4 is 28.8 Å². The lowest BCUT2D eigenvalue weighted by molar-refractivity contribution is -0.128. The molecular weight excluding hydrogens is 390 g/mol. The van der Waals surface area contributed by atoms with Crippen LogP contribution in [0.3, 0.4) is 0 Å². The molecule has 0 unspecified atom stereocenters. The predicted octanol–water partition coefficient (Wildman–Crippen LogP) is 2.77. The minimum Gasteiger partial charge on any atom is -0.422 e. The maximum absolute atomic E-state index is 12.7. The van der Waals surface area contributed by atoms with Crippen LogP contribution in [0, 0.1) is 0 Å². The Morgan fingerprint density at radius 3 is 1.65 bits per heavy atom. The summed E-state index contributed by atoms with van der Waals surface area (Å²) in [5.41, 5.74) is 3.61. The van der Waals surface area contributed by atoms with E-state index in [-0.39, 0.29) is 0 Å². The van der Waals surface area contributed by atoms with Gasteiger partial charge in [0, 0.05) is 29.2 Å². The summed E-state index contributed by atoms with van der Waals surface area (Å²) in [5.74, 6) is 0.0830. The number of fused-ring (bicyclic) bond motifs is 2. The van der Waals surface area contributed by atoms with Crippen molar-refractivity contribution in [2.45, 2.75) is 13.8 Å². The highest BCUT2D eigenvalue weighted by atomic mass is 16.5. The van der Waals surface area contributed by atoms with Crippen LogP contribution in [0.1, 0.15) is 25.0 Å². The van der Waals surface area contributed by atoms with Crippen molar-refractivity contribution < 1.29 is 19.1 Å². The highest BCUT2D eigenvalue weighted by Crippen LogP contribution is 2.28. The predicted molar refractivity (Wildman–Crippen MR) is 118 cm³/mol. The summed E-state index contributed by atoms with van der Waals surface area (Å²) in [6, 6.07) is 20.7. The molecule has 0 aromatic heterocycles. The van der Waals surface area contributed by atoms with Gasteiger partial charge >= 0.3 is 11.9 Å². The molecule has 5 rings (SSSR count). The Labute approximate surface area is 179 Å². The molecule has 2 aliphatic rings. The molecule has 0 spiro atoms. The lowest BCUT2D eigenvalue weighted by atomic mass is 10.0. The summed E-state index contributed by atoms with van der Waals surface area (Å²) in [5, 5.41) is 1.28. The molecule has 3 aromatic carbocycles. The van der Waals surface area contributed by atoms with Crippen LogP contribution in [0.2, 0.25) is 0 Å². The van der Waals surface area contributed by atoms with Gasteiger partial charge in [0.2, 0.25) is 0 Å². The van der Waals surface area contributed by atoms with Crippen LogP contribution in [0.25, 0.3) is 11.1 Å². The normalized spacial score (nSPS) is 14.3. The van der Waals surface area contributed by atoms with E-state index < -0.39 is 11.9 Å². The van der Waals surface area contributed by atoms with Crippen molar-refractivity contribution in [1.29, 1.82) is 0 Å². The molecule has 2 heterocycles. The van der Waals surface area contributed by atoms with E-state index >= 15 is 0 Å². The Morgan fingerprint density at radius 1 is 0.677 bits per heavy atom. The van der Waals surface area contributed by atoms with Crippen molar-refractivity contribution in [2.75, 3.05) is 18.0 Å². The Balaban J connectivity index is 1.66. The molecule has 154 valence electrons. The molecule has 0 atom stereocenters. The number of carbonyl (C=O) groups excluding carboxylic acids is 2. The summed E-state index contributed by atoms with van der Waals surface area (Å²) >= 11 is 0. The number of esters is 2. The van der Waals surface area contributed by atoms with Crippen LogP contribution in [0.5, 0.6) is 11.5 Å². The average molecular weight is 411 g/mol. The van der Waals surface area contributed by atoms with Crippen LogP contribution < -0.4 is 24.8 Å². The van der Waals surface area contributed by atoms with Crippen molar-refractivity contribution in [2.24, 2.45) is 0 Å². The molecule has 0 bridgehead atoms. The smallest absolute Gasteiger partial charge is 0.344 e. The second-order valence-electron chi connectivity index (χ2n) is 7.46. The van der Waals surface area contributed by atoms with E-state index in [9.17, 15) is 9.59 Å². The molecule has 2 aliphatic heterocycles. The van der Waals surface area contributed by atoms with E-state index in [0.29, 0.717) is 33.1 Å². The van der Waals surface area contributed by atoms with Gasteiger partial charge in [-0.05, 0) is 49.2 Å². The van der Waals surface area contributed by atoms with E-state index in [2.05, 4.69) is 18.7 Å². The first-order valence-electron chi connectivity index (χ1n) is 10.4. The molecule has 0 fully saturated rings. The van der Waals surface area contributed by atoms with Crippen LogP contribution in [-0.4, -0.2) is 25.0 Å². The van der Waals surface area contributed by atoms with E-state index in [1.54, 1.807) is 12.1 Å². The van der Waals surface area contributed by atoms with Gasteiger partial charge in [-0.2, -0.15) is 0 Å². The number of anilines is 1. The van der Waals surface area contributed by atoms with Gasteiger partial charge in [0.25, 0.3) is 0 Å². The minimum absolute atomic E-state index is 0.401. The molecule has 3 aromatic rings. The Bertz CT molecular complexity index is 1320. The Morgan fingerprint density at radius 2 is 1.16 bits per heavy atom. The quantitative estimate of drug-likeness (QED) is 0.477. The minimum atomic E-state index is -0.402. The molecule has 0 saturated carbocycles. The van der Waals surface area contributed by atoms with Gasteiger partial charge in [-0.15, -0.1) is 0 Å². The van der Waals surface area contributed by atoms with Crippen LogP contribution in [0.15, 0.2) is 66.7 Å². The molecule has 5 heteroatoms. The molecule has 5 nitrogen and oxygen atoms in total. The number of carbonyl (C=O) groups is 2. The van der Waals surface area contributed by atoms with E-state index in [1.165, 1.54) is 0 Å². The van der Waals surface area contributed by atoms with Gasteiger partial charge in [-0.3, -0.25) is 0 Å². The molecule has 0 saturated heterocycles. The van der Waals surface area contributed by atoms with Crippen molar-refractivity contribution in [3.63, 3.8) is 0 Å². The zero-order valence-corrected chi connectivity index (χ0v) is 17.3.